The molecule has 2 heteroatoms. The number of hydrogen-bond acceptors (Lipinski definition) is 2. The van der Waals surface area contributed by atoms with Crippen LogP contribution in [0.4, 0.5) is 0 Å². The summed E-state index contributed by atoms with van der Waals surface area (Å²) >= 11 is 0. The minimum absolute atomic E-state index is 0.778. The fraction of sp³-hybridized carbons (Fsp3) is 0.286. The van der Waals surface area contributed by atoms with Crippen molar-refractivity contribution < 1.29 is 4.42 Å². The van der Waals surface area contributed by atoms with Crippen molar-refractivity contribution in [2.24, 2.45) is 0 Å². The van der Waals surface area contributed by atoms with Gasteiger partial charge in [-0.2, -0.15) is 0 Å². The quantitative estimate of drug-likeness (QED) is 0.847. The van der Waals surface area contributed by atoms with E-state index >= 15 is 0 Å². The number of rotatable bonds is 4. The molecule has 1 aromatic carbocycles. The maximum Gasteiger partial charge on any atom is 0.117 e. The van der Waals surface area contributed by atoms with Gasteiger partial charge in [0.25, 0.3) is 0 Å². The van der Waals surface area contributed by atoms with Gasteiger partial charge in [-0.1, -0.05) is 18.2 Å². The summed E-state index contributed by atoms with van der Waals surface area (Å²) in [4.78, 5) is 0. The number of aryl methyl sites for hydroxylation is 1. The van der Waals surface area contributed by atoms with Gasteiger partial charge in [0.15, 0.2) is 0 Å². The van der Waals surface area contributed by atoms with Crippen LogP contribution in [0, 0.1) is 13.8 Å². The van der Waals surface area contributed by atoms with Gasteiger partial charge >= 0.3 is 0 Å². The Morgan fingerprint density at radius 3 is 2.69 bits per heavy atom. The van der Waals surface area contributed by atoms with Crippen molar-refractivity contribution in [3.05, 3.63) is 59.0 Å². The van der Waals surface area contributed by atoms with E-state index in [-0.39, 0.29) is 0 Å². The number of furan rings is 1. The largest absolute Gasteiger partial charge is 0.468 e. The third-order valence-corrected chi connectivity index (χ3v) is 2.91. The molecule has 2 nitrogen and oxygen atoms in total. The van der Waals surface area contributed by atoms with Crippen LogP contribution in [0.1, 0.15) is 22.5 Å². The van der Waals surface area contributed by atoms with E-state index in [0.29, 0.717) is 0 Å². The number of nitrogens with one attached hydrogen (secondary N) is 1. The molecule has 0 saturated carbocycles. The normalized spacial score (nSPS) is 10.6. The first-order valence-electron chi connectivity index (χ1n) is 5.55. The zero-order valence-electron chi connectivity index (χ0n) is 9.79. The lowest BCUT2D eigenvalue weighted by atomic mass is 10.0. The van der Waals surface area contributed by atoms with Gasteiger partial charge in [0.1, 0.15) is 5.76 Å². The highest BCUT2D eigenvalue weighted by Gasteiger charge is 2.00. The molecule has 0 radical (unpaired) electrons. The second-order valence-electron chi connectivity index (χ2n) is 4.04. The van der Waals surface area contributed by atoms with E-state index in [1.54, 1.807) is 6.26 Å². The van der Waals surface area contributed by atoms with Crippen molar-refractivity contribution in [3.8, 4) is 0 Å². The SMILES string of the molecule is Cc1cccc(CNCc2ccco2)c1C. The Morgan fingerprint density at radius 1 is 1.06 bits per heavy atom. The summed E-state index contributed by atoms with van der Waals surface area (Å²) in [7, 11) is 0. The van der Waals surface area contributed by atoms with Crippen LogP contribution in [0.15, 0.2) is 41.0 Å². The van der Waals surface area contributed by atoms with Gasteiger partial charge in [0, 0.05) is 6.54 Å². The molecular weight excluding hydrogens is 198 g/mol. The minimum Gasteiger partial charge on any atom is -0.468 e. The highest BCUT2D eigenvalue weighted by Crippen LogP contribution is 2.12. The van der Waals surface area contributed by atoms with Crippen molar-refractivity contribution >= 4 is 0 Å². The zero-order valence-corrected chi connectivity index (χ0v) is 9.79. The predicted molar refractivity (Wildman–Crippen MR) is 65.2 cm³/mol. The molecule has 2 rings (SSSR count). The van der Waals surface area contributed by atoms with Crippen molar-refractivity contribution in [2.75, 3.05) is 0 Å². The van der Waals surface area contributed by atoms with E-state index in [0.717, 1.165) is 18.8 Å². The summed E-state index contributed by atoms with van der Waals surface area (Å²) in [5, 5.41) is 3.38. The van der Waals surface area contributed by atoms with Crippen molar-refractivity contribution in [1.29, 1.82) is 0 Å². The third-order valence-electron chi connectivity index (χ3n) is 2.91. The van der Waals surface area contributed by atoms with Crippen LogP contribution in [0.2, 0.25) is 0 Å². The predicted octanol–water partition coefficient (Wildman–Crippen LogP) is 3.19. The van der Waals surface area contributed by atoms with Gasteiger partial charge in [-0.05, 0) is 42.7 Å². The Hall–Kier alpha value is -1.54. The fourth-order valence-electron chi connectivity index (χ4n) is 1.74. The lowest BCUT2D eigenvalue weighted by Gasteiger charge is -2.08. The number of hydrogen-bond donors (Lipinski definition) is 1. The Kier molecular flexibility index (Phi) is 3.42. The van der Waals surface area contributed by atoms with Crippen LogP contribution < -0.4 is 5.32 Å². The summed E-state index contributed by atoms with van der Waals surface area (Å²) in [6.45, 7) is 5.97. The molecule has 0 unspecified atom stereocenters. The van der Waals surface area contributed by atoms with Crippen LogP contribution in [-0.2, 0) is 13.1 Å². The molecule has 1 aromatic heterocycles. The minimum atomic E-state index is 0.778. The van der Waals surface area contributed by atoms with Gasteiger partial charge in [0.05, 0.1) is 12.8 Å². The molecule has 0 atom stereocenters. The first kappa shape index (κ1) is 11.0. The second-order valence-corrected chi connectivity index (χ2v) is 4.04. The van der Waals surface area contributed by atoms with E-state index in [1.807, 2.05) is 12.1 Å². The molecular formula is C14H17NO. The van der Waals surface area contributed by atoms with Crippen LogP contribution in [0.25, 0.3) is 0 Å². The smallest absolute Gasteiger partial charge is 0.117 e. The fourth-order valence-corrected chi connectivity index (χ4v) is 1.74. The topological polar surface area (TPSA) is 25.2 Å². The Morgan fingerprint density at radius 2 is 1.94 bits per heavy atom. The summed E-state index contributed by atoms with van der Waals surface area (Å²) < 4.78 is 5.26. The maximum atomic E-state index is 5.26. The molecule has 16 heavy (non-hydrogen) atoms. The molecule has 2 aromatic rings. The van der Waals surface area contributed by atoms with E-state index in [4.69, 9.17) is 4.42 Å². The molecule has 0 saturated heterocycles. The second kappa shape index (κ2) is 4.99. The Labute approximate surface area is 96.3 Å². The lowest BCUT2D eigenvalue weighted by Crippen LogP contribution is -2.13. The highest BCUT2D eigenvalue weighted by atomic mass is 16.3. The van der Waals surface area contributed by atoms with Crippen molar-refractivity contribution in [3.63, 3.8) is 0 Å². The first-order chi connectivity index (χ1) is 7.77. The summed E-state index contributed by atoms with van der Waals surface area (Å²) in [6.07, 6.45) is 1.70. The molecule has 0 spiro atoms. The lowest BCUT2D eigenvalue weighted by molar-refractivity contribution is 0.483. The van der Waals surface area contributed by atoms with Gasteiger partial charge in [0.2, 0.25) is 0 Å². The van der Waals surface area contributed by atoms with Crippen LogP contribution in [-0.4, -0.2) is 0 Å². The molecule has 1 heterocycles. The Bertz CT molecular complexity index is 446. The summed E-state index contributed by atoms with van der Waals surface area (Å²) in [5.41, 5.74) is 4.07. The molecule has 84 valence electrons. The summed E-state index contributed by atoms with van der Waals surface area (Å²) in [6, 6.07) is 10.3. The average Bonchev–Trinajstić information content (AvgIpc) is 2.77. The standard InChI is InChI=1S/C14H17NO/c1-11-5-3-6-13(12(11)2)9-15-10-14-7-4-8-16-14/h3-8,15H,9-10H2,1-2H3. The van der Waals surface area contributed by atoms with Crippen LogP contribution in [0.5, 0.6) is 0 Å². The molecule has 0 fully saturated rings. The third kappa shape index (κ3) is 2.52. The monoisotopic (exact) mass is 215 g/mol. The van der Waals surface area contributed by atoms with Crippen molar-refractivity contribution in [1.82, 2.24) is 5.32 Å². The molecule has 0 amide bonds. The summed E-state index contributed by atoms with van der Waals surface area (Å²) in [5.74, 6) is 0.977. The van der Waals surface area contributed by atoms with E-state index in [2.05, 4.69) is 37.4 Å². The van der Waals surface area contributed by atoms with Crippen LogP contribution >= 0.6 is 0 Å². The zero-order chi connectivity index (χ0) is 11.4. The van der Waals surface area contributed by atoms with E-state index in [1.165, 1.54) is 16.7 Å². The van der Waals surface area contributed by atoms with Gasteiger partial charge in [-0.3, -0.25) is 0 Å². The molecule has 0 aliphatic heterocycles. The Balaban J connectivity index is 1.92. The first-order valence-corrected chi connectivity index (χ1v) is 5.55. The molecule has 1 N–H and O–H groups in total. The van der Waals surface area contributed by atoms with Crippen LogP contribution in [0.3, 0.4) is 0 Å². The molecule has 0 aliphatic carbocycles. The molecule has 0 bridgehead atoms. The van der Waals surface area contributed by atoms with E-state index in [9.17, 15) is 0 Å². The molecule has 0 aliphatic rings. The van der Waals surface area contributed by atoms with Crippen molar-refractivity contribution in [2.45, 2.75) is 26.9 Å². The highest BCUT2D eigenvalue weighted by molar-refractivity contribution is 5.32. The van der Waals surface area contributed by atoms with Gasteiger partial charge < -0.3 is 9.73 Å². The average molecular weight is 215 g/mol. The number of benzene rings is 1. The van der Waals surface area contributed by atoms with Gasteiger partial charge in [-0.15, -0.1) is 0 Å². The van der Waals surface area contributed by atoms with Gasteiger partial charge in [-0.25, -0.2) is 0 Å². The maximum absolute atomic E-state index is 5.26. The van der Waals surface area contributed by atoms with E-state index < -0.39 is 0 Å².